The third-order valence-electron chi connectivity index (χ3n) is 10.4. The highest BCUT2D eigenvalue weighted by atomic mass is 35.5. The van der Waals surface area contributed by atoms with E-state index in [1.807, 2.05) is 0 Å². The predicted molar refractivity (Wildman–Crippen MR) is 162 cm³/mol. The average molecular weight is 652 g/mol. The zero-order chi connectivity index (χ0) is 31.6. The molecule has 0 bridgehead atoms. The molecule has 7 nitrogen and oxygen atoms in total. The highest BCUT2D eigenvalue weighted by molar-refractivity contribution is 6.31. The Balaban J connectivity index is 1.44. The van der Waals surface area contributed by atoms with Crippen molar-refractivity contribution in [3.8, 4) is 0 Å². The van der Waals surface area contributed by atoms with Crippen LogP contribution in [0.1, 0.15) is 55.6 Å². The number of halogens is 5. The topological polar surface area (TPSA) is 90.5 Å². The van der Waals surface area contributed by atoms with Crippen LogP contribution >= 0.6 is 23.2 Å². The van der Waals surface area contributed by atoms with Crippen molar-refractivity contribution in [1.29, 1.82) is 0 Å². The minimum atomic E-state index is -1.61. The number of carbonyl (C=O) groups is 3. The third-order valence-corrected chi connectivity index (χ3v) is 10.9. The summed E-state index contributed by atoms with van der Waals surface area (Å²) in [7, 11) is 3.43. The molecule has 2 aliphatic carbocycles. The second kappa shape index (κ2) is 11.2. The van der Waals surface area contributed by atoms with Crippen LogP contribution < -0.4 is 16.0 Å². The van der Waals surface area contributed by atoms with Crippen LogP contribution in [0.15, 0.2) is 36.4 Å². The molecule has 3 atom stereocenters. The fourth-order valence-corrected chi connectivity index (χ4v) is 8.85. The van der Waals surface area contributed by atoms with E-state index in [9.17, 15) is 23.2 Å². The molecule has 236 valence electrons. The van der Waals surface area contributed by atoms with E-state index in [0.717, 1.165) is 0 Å². The molecule has 0 unspecified atom stereocenters. The number of hydrogen-bond donors (Lipinski definition) is 3. The van der Waals surface area contributed by atoms with Gasteiger partial charge in [0.15, 0.2) is 0 Å². The fraction of sp³-hybridized carbons (Fsp3) is 0.531. The third kappa shape index (κ3) is 4.54. The Bertz CT molecular complexity index is 1500. The van der Waals surface area contributed by atoms with E-state index in [1.165, 1.54) is 12.1 Å². The lowest BCUT2D eigenvalue weighted by Crippen LogP contribution is -2.70. The van der Waals surface area contributed by atoms with Crippen molar-refractivity contribution in [3.05, 3.63) is 63.4 Å². The van der Waals surface area contributed by atoms with Gasteiger partial charge in [-0.15, -0.1) is 0 Å². The summed E-state index contributed by atoms with van der Waals surface area (Å²) in [6.07, 6.45) is 2.19. The Morgan fingerprint density at radius 2 is 1.73 bits per heavy atom. The van der Waals surface area contributed by atoms with Crippen molar-refractivity contribution < 1.29 is 27.6 Å². The zero-order valence-electron chi connectivity index (χ0n) is 24.5. The maximum absolute atomic E-state index is 16.0. The molecule has 1 saturated heterocycles. The molecule has 2 spiro atoms. The van der Waals surface area contributed by atoms with Crippen LogP contribution in [0.5, 0.6) is 0 Å². The predicted octanol–water partition coefficient (Wildman–Crippen LogP) is 5.30. The normalized spacial score (nSPS) is 29.7. The van der Waals surface area contributed by atoms with Gasteiger partial charge in [0.25, 0.3) is 0 Å². The fourth-order valence-electron chi connectivity index (χ4n) is 8.50. The van der Waals surface area contributed by atoms with E-state index in [4.69, 9.17) is 23.2 Å². The molecular weight excluding hydrogens is 616 g/mol. The molecule has 2 saturated carbocycles. The van der Waals surface area contributed by atoms with Crippen LogP contribution in [-0.2, 0) is 19.8 Å². The number of rotatable bonds is 6. The number of fused-ring (bicyclic) bond motifs is 3. The number of alkyl halides is 2. The Hall–Kier alpha value is -2.82. The van der Waals surface area contributed by atoms with E-state index in [2.05, 4.69) is 16.0 Å². The molecule has 3 amide bonds. The molecule has 4 aliphatic rings. The van der Waals surface area contributed by atoms with Gasteiger partial charge in [-0.2, -0.15) is 0 Å². The quantitative estimate of drug-likeness (QED) is 0.396. The Kier molecular flexibility index (Phi) is 7.94. The van der Waals surface area contributed by atoms with Gasteiger partial charge >= 0.3 is 0 Å². The number of carbonyl (C=O) groups excluding carboxylic acids is 3. The molecular formula is C32H35Cl2F3N4O3. The second-order valence-electron chi connectivity index (χ2n) is 13.2. The van der Waals surface area contributed by atoms with E-state index in [-0.39, 0.29) is 41.3 Å². The number of anilines is 1. The van der Waals surface area contributed by atoms with Crippen LogP contribution in [0.25, 0.3) is 0 Å². The molecule has 0 aromatic heterocycles. The first-order valence-corrected chi connectivity index (χ1v) is 15.6. The lowest BCUT2D eigenvalue weighted by atomic mass is 9.46. The van der Waals surface area contributed by atoms with Gasteiger partial charge in [0, 0.05) is 53.6 Å². The van der Waals surface area contributed by atoms with Crippen LogP contribution in [0.2, 0.25) is 10.0 Å². The summed E-state index contributed by atoms with van der Waals surface area (Å²) >= 11 is 12.5. The Morgan fingerprint density at radius 3 is 2.36 bits per heavy atom. The summed E-state index contributed by atoms with van der Waals surface area (Å²) in [5.74, 6) is -2.93. The van der Waals surface area contributed by atoms with Crippen molar-refractivity contribution in [2.24, 2.45) is 11.3 Å². The molecule has 6 rings (SSSR count). The SMILES string of the molecule is CN(C)C(=O)[C@H]1CC[C@H](NC(=O)[C@@H]2NC3(CC(CF)(CF)C3)[C@@]3(C(=O)Nc4cc(Cl)ccc43)[C@H]2c2cccc(Cl)c2F)CC1. The first-order valence-electron chi connectivity index (χ1n) is 14.9. The summed E-state index contributed by atoms with van der Waals surface area (Å²) in [5.41, 5.74) is -3.28. The van der Waals surface area contributed by atoms with E-state index >= 15 is 4.39 Å². The van der Waals surface area contributed by atoms with Crippen LogP contribution in [-0.4, -0.2) is 67.7 Å². The molecule has 2 aromatic rings. The van der Waals surface area contributed by atoms with Crippen molar-refractivity contribution >= 4 is 46.6 Å². The van der Waals surface area contributed by atoms with Crippen molar-refractivity contribution in [3.63, 3.8) is 0 Å². The molecule has 2 heterocycles. The van der Waals surface area contributed by atoms with E-state index in [1.54, 1.807) is 43.3 Å². The Labute approximate surface area is 264 Å². The molecule has 2 aliphatic heterocycles. The van der Waals surface area contributed by atoms with Crippen molar-refractivity contribution in [2.75, 3.05) is 32.8 Å². The summed E-state index contributed by atoms with van der Waals surface area (Å²) in [6, 6.07) is 7.92. The smallest absolute Gasteiger partial charge is 0.238 e. The maximum Gasteiger partial charge on any atom is 0.238 e. The second-order valence-corrected chi connectivity index (χ2v) is 14.0. The van der Waals surface area contributed by atoms with Gasteiger partial charge in [0.05, 0.1) is 24.4 Å². The van der Waals surface area contributed by atoms with Crippen LogP contribution in [0.4, 0.5) is 18.9 Å². The molecule has 2 aromatic carbocycles. The first kappa shape index (κ1) is 31.2. The minimum absolute atomic E-state index is 0.0489. The van der Waals surface area contributed by atoms with Gasteiger partial charge in [-0.1, -0.05) is 41.4 Å². The van der Waals surface area contributed by atoms with Gasteiger partial charge in [0.1, 0.15) is 11.2 Å². The molecule has 3 fully saturated rings. The van der Waals surface area contributed by atoms with Gasteiger partial charge in [0.2, 0.25) is 17.7 Å². The minimum Gasteiger partial charge on any atom is -0.352 e. The Morgan fingerprint density at radius 1 is 1.05 bits per heavy atom. The van der Waals surface area contributed by atoms with E-state index < -0.39 is 59.3 Å². The highest BCUT2D eigenvalue weighted by Crippen LogP contribution is 2.68. The maximum atomic E-state index is 16.0. The lowest BCUT2D eigenvalue weighted by Gasteiger charge is -2.59. The lowest BCUT2D eigenvalue weighted by molar-refractivity contribution is -0.134. The van der Waals surface area contributed by atoms with Gasteiger partial charge in [-0.25, -0.2) is 4.39 Å². The van der Waals surface area contributed by atoms with Crippen molar-refractivity contribution in [1.82, 2.24) is 15.5 Å². The largest absolute Gasteiger partial charge is 0.352 e. The standard InChI is InChI=1S/C32H35Cl2F3N4O3/c1-41(2)28(43)17-6-9-19(10-7-17)38-27(42)26-24(20-4-3-5-22(34)25(20)37)32(31(40-26)13-30(14-31,15-35)16-36)21-11-8-18(33)12-23(21)39-29(32)44/h3-5,8,11-12,17,19,24,26,40H,6-7,9-10,13-16H2,1-2H3,(H,38,42)(H,39,44)/t17-,19-,24-,26+,32+/m0/s1. The monoisotopic (exact) mass is 650 g/mol. The number of nitrogens with one attached hydrogen (secondary N) is 3. The molecule has 12 heteroatoms. The van der Waals surface area contributed by atoms with Gasteiger partial charge in [-0.05, 0) is 67.9 Å². The number of nitrogens with zero attached hydrogens (tertiary/aromatic N) is 1. The van der Waals surface area contributed by atoms with Gasteiger partial charge in [-0.3, -0.25) is 28.5 Å². The van der Waals surface area contributed by atoms with E-state index in [0.29, 0.717) is 42.0 Å². The number of amides is 3. The summed E-state index contributed by atoms with van der Waals surface area (Å²) in [6.45, 7) is -1.89. The number of hydrogen-bond acceptors (Lipinski definition) is 4. The summed E-state index contributed by atoms with van der Waals surface area (Å²) in [4.78, 5) is 42.7. The highest BCUT2D eigenvalue weighted by Gasteiger charge is 2.78. The van der Waals surface area contributed by atoms with Gasteiger partial charge < -0.3 is 15.5 Å². The van der Waals surface area contributed by atoms with Crippen molar-refractivity contribution in [2.45, 2.75) is 67.5 Å². The van der Waals surface area contributed by atoms with Crippen LogP contribution in [0, 0.1) is 17.2 Å². The molecule has 44 heavy (non-hydrogen) atoms. The first-order chi connectivity index (χ1) is 20.9. The van der Waals surface area contributed by atoms with Crippen LogP contribution in [0.3, 0.4) is 0 Å². The zero-order valence-corrected chi connectivity index (χ0v) is 26.0. The molecule has 3 N–H and O–H groups in total. The number of benzene rings is 2. The molecule has 0 radical (unpaired) electrons. The summed E-state index contributed by atoms with van der Waals surface area (Å²) < 4.78 is 44.6. The average Bonchev–Trinajstić information content (AvgIpc) is 3.45. The summed E-state index contributed by atoms with van der Waals surface area (Å²) in [5, 5.41) is 9.52.